The molecule has 0 unspecified atom stereocenters. The molecule has 1 aliphatic carbocycles. The molecule has 1 aliphatic heterocycles. The van der Waals surface area contributed by atoms with Crippen molar-refractivity contribution >= 4 is 38.2 Å². The van der Waals surface area contributed by atoms with Gasteiger partial charge in [0.05, 0.1) is 16.8 Å². The lowest BCUT2D eigenvalue weighted by Gasteiger charge is -2.31. The molecule has 2 aromatic heterocycles. The molecule has 2 fully saturated rings. The average Bonchev–Trinajstić information content (AvgIpc) is 3.56. The van der Waals surface area contributed by atoms with E-state index in [9.17, 15) is 13.2 Å². The van der Waals surface area contributed by atoms with E-state index in [1.807, 2.05) is 12.3 Å². The van der Waals surface area contributed by atoms with Gasteiger partial charge in [-0.2, -0.15) is 0 Å². The maximum Gasteiger partial charge on any atom is 0.250 e. The van der Waals surface area contributed by atoms with Gasteiger partial charge in [-0.1, -0.05) is 19.3 Å². The number of nitrogens with one attached hydrogen (secondary N) is 2. The van der Waals surface area contributed by atoms with Gasteiger partial charge in [0.25, 0.3) is 5.91 Å². The summed E-state index contributed by atoms with van der Waals surface area (Å²) < 4.78 is 26.2. The van der Waals surface area contributed by atoms with Crippen LogP contribution >= 0.6 is 11.3 Å². The molecule has 1 aromatic carbocycles. The standard InChI is InChI=1S/C28H38N4O3S2/c1-2-37(34,35)32-12-10-20(11-13-32)25-18-31-27-23(25)14-21(15-24(27)28(29)33)26-9-8-22(36-26)17-30-16-19-6-4-3-5-7-19/h8-9,14-15,18-20,30-31H,2-7,10-13,16-17H2,1H3,(H2,29,33). The Balaban J connectivity index is 1.35. The van der Waals surface area contributed by atoms with Crippen molar-refractivity contribution in [2.24, 2.45) is 11.7 Å². The zero-order valence-corrected chi connectivity index (χ0v) is 23.2. The molecular weight excluding hydrogens is 504 g/mol. The molecule has 3 aromatic rings. The number of fused-ring (bicyclic) bond motifs is 1. The summed E-state index contributed by atoms with van der Waals surface area (Å²) in [5.74, 6) is 0.718. The van der Waals surface area contributed by atoms with Crippen molar-refractivity contribution < 1.29 is 13.2 Å². The third-order valence-corrected chi connectivity index (χ3v) is 11.2. The molecule has 1 saturated carbocycles. The van der Waals surface area contributed by atoms with E-state index in [1.165, 1.54) is 37.0 Å². The SMILES string of the molecule is CCS(=O)(=O)N1CCC(c2c[nH]c3c(C(N)=O)cc(-c4ccc(CNCC5CCCCC5)s4)cc23)CC1. The number of aromatic nitrogens is 1. The number of nitrogens with zero attached hydrogens (tertiary/aromatic N) is 1. The summed E-state index contributed by atoms with van der Waals surface area (Å²) in [5, 5.41) is 4.65. The van der Waals surface area contributed by atoms with E-state index in [0.29, 0.717) is 18.7 Å². The highest BCUT2D eigenvalue weighted by molar-refractivity contribution is 7.89. The fourth-order valence-electron chi connectivity index (χ4n) is 5.97. The molecule has 9 heteroatoms. The van der Waals surface area contributed by atoms with E-state index in [0.717, 1.165) is 58.8 Å². The topological polar surface area (TPSA) is 108 Å². The van der Waals surface area contributed by atoms with Crippen LogP contribution in [0.5, 0.6) is 0 Å². The Morgan fingerprint density at radius 3 is 2.59 bits per heavy atom. The maximum absolute atomic E-state index is 12.4. The smallest absolute Gasteiger partial charge is 0.250 e. The van der Waals surface area contributed by atoms with E-state index in [4.69, 9.17) is 5.73 Å². The second kappa shape index (κ2) is 11.3. The molecule has 0 bridgehead atoms. The average molecular weight is 543 g/mol. The Hall–Kier alpha value is -2.20. The number of benzene rings is 1. The van der Waals surface area contributed by atoms with Crippen molar-refractivity contribution in [1.29, 1.82) is 0 Å². The fourth-order valence-corrected chi connectivity index (χ4v) is 8.07. The molecule has 0 spiro atoms. The minimum absolute atomic E-state index is 0.134. The Labute approximate surface area is 223 Å². The van der Waals surface area contributed by atoms with Crippen LogP contribution in [0.4, 0.5) is 0 Å². The third-order valence-electron chi connectivity index (χ3n) is 8.14. The number of hydrogen-bond acceptors (Lipinski definition) is 5. The van der Waals surface area contributed by atoms with E-state index in [1.54, 1.807) is 22.6 Å². The first-order valence-corrected chi connectivity index (χ1v) is 16.0. The van der Waals surface area contributed by atoms with E-state index in [-0.39, 0.29) is 11.7 Å². The lowest BCUT2D eigenvalue weighted by atomic mass is 9.89. The zero-order chi connectivity index (χ0) is 26.0. The van der Waals surface area contributed by atoms with Gasteiger partial charge in [0.1, 0.15) is 0 Å². The lowest BCUT2D eigenvalue weighted by molar-refractivity contribution is 0.100. The number of amides is 1. The normalized spacial score (nSPS) is 18.5. The summed E-state index contributed by atoms with van der Waals surface area (Å²) in [7, 11) is -3.17. The molecule has 2 aliphatic rings. The first-order chi connectivity index (χ1) is 17.9. The van der Waals surface area contributed by atoms with Crippen molar-refractivity contribution in [3.05, 3.63) is 46.5 Å². The summed E-state index contributed by atoms with van der Waals surface area (Å²) >= 11 is 1.75. The molecule has 7 nitrogen and oxygen atoms in total. The van der Waals surface area contributed by atoms with Gasteiger partial charge >= 0.3 is 0 Å². The van der Waals surface area contributed by atoms with Gasteiger partial charge in [-0.25, -0.2) is 12.7 Å². The summed E-state index contributed by atoms with van der Waals surface area (Å²) in [4.78, 5) is 18.1. The predicted molar refractivity (Wildman–Crippen MR) is 151 cm³/mol. The van der Waals surface area contributed by atoms with Gasteiger partial charge in [-0.05, 0) is 86.4 Å². The highest BCUT2D eigenvalue weighted by atomic mass is 32.2. The molecule has 1 saturated heterocycles. The van der Waals surface area contributed by atoms with E-state index >= 15 is 0 Å². The number of nitrogens with two attached hydrogens (primary N) is 1. The molecule has 4 N–H and O–H groups in total. The van der Waals surface area contributed by atoms with Gasteiger partial charge in [0, 0.05) is 41.0 Å². The van der Waals surface area contributed by atoms with Gasteiger partial charge < -0.3 is 16.0 Å². The van der Waals surface area contributed by atoms with Crippen LogP contribution in [0, 0.1) is 5.92 Å². The molecule has 1 amide bonds. The number of carbonyl (C=O) groups is 1. The maximum atomic E-state index is 12.4. The van der Waals surface area contributed by atoms with E-state index in [2.05, 4.69) is 28.5 Å². The quantitative estimate of drug-likeness (QED) is 0.346. The monoisotopic (exact) mass is 542 g/mol. The van der Waals surface area contributed by atoms with Crippen LogP contribution in [0.1, 0.15) is 78.6 Å². The van der Waals surface area contributed by atoms with Crippen molar-refractivity contribution in [2.75, 3.05) is 25.4 Å². The molecule has 37 heavy (non-hydrogen) atoms. The van der Waals surface area contributed by atoms with Crippen LogP contribution in [0.2, 0.25) is 0 Å². The summed E-state index contributed by atoms with van der Waals surface area (Å²) in [6, 6.07) is 8.36. The number of piperidine rings is 1. The molecule has 5 rings (SSSR count). The van der Waals surface area contributed by atoms with Crippen LogP contribution < -0.4 is 11.1 Å². The Kier molecular flexibility index (Phi) is 8.04. The number of H-pyrrole nitrogens is 1. The summed E-state index contributed by atoms with van der Waals surface area (Å²) in [6.07, 6.45) is 10.3. The van der Waals surface area contributed by atoms with Gasteiger partial charge in [-0.15, -0.1) is 11.3 Å². The molecule has 3 heterocycles. The van der Waals surface area contributed by atoms with Crippen LogP contribution in [0.25, 0.3) is 21.3 Å². The van der Waals surface area contributed by atoms with E-state index < -0.39 is 15.9 Å². The van der Waals surface area contributed by atoms with Gasteiger partial charge in [0.15, 0.2) is 0 Å². The molecule has 200 valence electrons. The lowest BCUT2D eigenvalue weighted by Crippen LogP contribution is -2.38. The number of primary amides is 1. The van der Waals surface area contributed by atoms with Crippen molar-refractivity contribution in [3.63, 3.8) is 0 Å². The van der Waals surface area contributed by atoms with Crippen molar-refractivity contribution in [3.8, 4) is 10.4 Å². The highest BCUT2D eigenvalue weighted by Crippen LogP contribution is 2.38. The zero-order valence-electron chi connectivity index (χ0n) is 21.6. The Bertz CT molecular complexity index is 1350. The van der Waals surface area contributed by atoms with Crippen LogP contribution in [0.15, 0.2) is 30.5 Å². The number of hydrogen-bond donors (Lipinski definition) is 3. The van der Waals surface area contributed by atoms with Crippen molar-refractivity contribution in [2.45, 2.75) is 64.3 Å². The molecule has 0 radical (unpaired) electrons. The minimum Gasteiger partial charge on any atom is -0.366 e. The highest BCUT2D eigenvalue weighted by Gasteiger charge is 2.29. The second-order valence-electron chi connectivity index (χ2n) is 10.5. The summed E-state index contributed by atoms with van der Waals surface area (Å²) in [6.45, 7) is 4.68. The number of rotatable bonds is 9. The van der Waals surface area contributed by atoms with Crippen LogP contribution in [0.3, 0.4) is 0 Å². The second-order valence-corrected chi connectivity index (χ2v) is 14.0. The Morgan fingerprint density at radius 1 is 1.14 bits per heavy atom. The van der Waals surface area contributed by atoms with Crippen LogP contribution in [-0.2, 0) is 16.6 Å². The summed E-state index contributed by atoms with van der Waals surface area (Å²) in [5.41, 5.74) is 9.19. The number of thiophene rings is 1. The van der Waals surface area contributed by atoms with Gasteiger partial charge in [0.2, 0.25) is 10.0 Å². The van der Waals surface area contributed by atoms with Gasteiger partial charge in [-0.3, -0.25) is 4.79 Å². The number of carbonyl (C=O) groups excluding carboxylic acids is 1. The predicted octanol–water partition coefficient (Wildman–Crippen LogP) is 5.19. The first kappa shape index (κ1) is 26.4. The largest absolute Gasteiger partial charge is 0.366 e. The number of aromatic amines is 1. The number of sulfonamides is 1. The first-order valence-electron chi connectivity index (χ1n) is 13.6. The molecular formula is C28H38N4O3S2. The fraction of sp³-hybridized carbons (Fsp3) is 0.536. The third kappa shape index (κ3) is 5.79. The minimum atomic E-state index is -3.17. The van der Waals surface area contributed by atoms with Crippen molar-refractivity contribution in [1.82, 2.24) is 14.6 Å². The Morgan fingerprint density at radius 2 is 1.89 bits per heavy atom. The van der Waals surface area contributed by atoms with Crippen LogP contribution in [-0.4, -0.2) is 49.0 Å². The molecule has 0 atom stereocenters.